The molecule has 0 fully saturated rings. The van der Waals surface area contributed by atoms with Gasteiger partial charge in [0, 0.05) is 0 Å². The Morgan fingerprint density at radius 1 is 1.57 bits per heavy atom. The maximum absolute atomic E-state index is 9.73. The van der Waals surface area contributed by atoms with Gasteiger partial charge in [-0.05, 0) is 9.24 Å². The molecule has 0 bridgehead atoms. The molecule has 0 saturated heterocycles. The predicted molar refractivity (Wildman–Crippen MR) is 26.3 cm³/mol. The summed E-state index contributed by atoms with van der Waals surface area (Å²) in [7, 11) is 1.67. The van der Waals surface area contributed by atoms with Gasteiger partial charge in [0.1, 0.15) is 0 Å². The predicted octanol–water partition coefficient (Wildman–Crippen LogP) is 0.249. The van der Waals surface area contributed by atoms with E-state index in [1.165, 1.54) is 0 Å². The molecule has 0 aromatic carbocycles. The van der Waals surface area contributed by atoms with Gasteiger partial charge in [0.05, 0.1) is 0 Å². The van der Waals surface area contributed by atoms with Gasteiger partial charge in [-0.15, -0.1) is 0 Å². The van der Waals surface area contributed by atoms with Gasteiger partial charge in [0.15, 0.2) is 0 Å². The third-order valence-electron chi connectivity index (χ3n) is 0.230. The molecule has 0 radical (unpaired) electrons. The van der Waals surface area contributed by atoms with Gasteiger partial charge < -0.3 is 5.11 Å². The van der Waals surface area contributed by atoms with Crippen molar-refractivity contribution in [1.82, 2.24) is 5.32 Å². The molecule has 40 valence electrons. The zero-order valence-corrected chi connectivity index (χ0v) is 4.50. The highest BCUT2D eigenvalue weighted by atomic mass is 31.0. The number of hydrogen-bond donors (Lipinski definition) is 2. The third-order valence-corrected chi connectivity index (χ3v) is 0.374. The molecule has 4 nitrogen and oxygen atoms in total. The second kappa shape index (κ2) is 2.53. The highest BCUT2D eigenvalue weighted by Crippen LogP contribution is 1.79. The van der Waals surface area contributed by atoms with Crippen molar-refractivity contribution in [2.24, 2.45) is 0 Å². The molecule has 0 aromatic rings. The summed E-state index contributed by atoms with van der Waals surface area (Å²) in [6.45, 7) is 0. The number of nitrogens with one attached hydrogen (secondary N) is 1. The largest absolute Gasteiger partial charge is 0.465 e. The lowest BCUT2D eigenvalue weighted by Gasteiger charge is -1.86. The normalized spacial score (nSPS) is 7.57. The van der Waals surface area contributed by atoms with Crippen LogP contribution in [0, 0.1) is 0 Å². The molecule has 7 heavy (non-hydrogen) atoms. The first kappa shape index (κ1) is 6.37. The van der Waals surface area contributed by atoms with Crippen LogP contribution in [0.25, 0.3) is 0 Å². The van der Waals surface area contributed by atoms with Crippen LogP contribution >= 0.6 is 9.24 Å². The number of carboxylic acid groups (broad SMARTS) is 1. The molecule has 5 heteroatoms. The van der Waals surface area contributed by atoms with Gasteiger partial charge in [-0.3, -0.25) is 10.1 Å². The van der Waals surface area contributed by atoms with E-state index >= 15 is 0 Å². The van der Waals surface area contributed by atoms with Gasteiger partial charge in [-0.1, -0.05) is 0 Å². The Morgan fingerprint density at radius 2 is 2.00 bits per heavy atom. The molecule has 0 rings (SSSR count). The summed E-state index contributed by atoms with van der Waals surface area (Å²) in [6.07, 6.45) is -1.33. The minimum Gasteiger partial charge on any atom is -0.465 e. The molecule has 0 aliphatic heterocycles. The monoisotopic (exact) mass is 121 g/mol. The molecular formula is C2H4NO3P. The van der Waals surface area contributed by atoms with E-state index in [4.69, 9.17) is 5.11 Å². The maximum atomic E-state index is 9.73. The molecule has 1 atom stereocenters. The first-order valence-corrected chi connectivity index (χ1v) is 2.00. The van der Waals surface area contributed by atoms with E-state index in [-0.39, 0.29) is 0 Å². The first-order chi connectivity index (χ1) is 3.13. The SMILES string of the molecule is O=C(O)NC(=O)P. The minimum atomic E-state index is -1.33. The van der Waals surface area contributed by atoms with Crippen LogP contribution in [0.1, 0.15) is 0 Å². The average molecular weight is 121 g/mol. The van der Waals surface area contributed by atoms with Crippen LogP contribution in [0.4, 0.5) is 9.59 Å². The van der Waals surface area contributed by atoms with Crippen LogP contribution in [0.3, 0.4) is 0 Å². The van der Waals surface area contributed by atoms with Crippen LogP contribution in [-0.4, -0.2) is 16.8 Å². The van der Waals surface area contributed by atoms with Crippen molar-refractivity contribution >= 4 is 21.0 Å². The van der Waals surface area contributed by atoms with Gasteiger partial charge in [-0.25, -0.2) is 4.79 Å². The molecule has 1 unspecified atom stereocenters. The molecule has 0 heterocycles. The quantitative estimate of drug-likeness (QED) is 0.451. The molecule has 2 amide bonds. The number of carbonyl (C=O) groups is 2. The fourth-order valence-corrected chi connectivity index (χ4v) is 0.229. The zero-order chi connectivity index (χ0) is 5.86. The topological polar surface area (TPSA) is 66.4 Å². The van der Waals surface area contributed by atoms with E-state index in [9.17, 15) is 9.59 Å². The Morgan fingerprint density at radius 3 is 2.00 bits per heavy atom. The number of hydrogen-bond acceptors (Lipinski definition) is 2. The fraction of sp³-hybridized carbons (Fsp3) is 0. The first-order valence-electron chi connectivity index (χ1n) is 1.42. The highest BCUT2D eigenvalue weighted by Gasteiger charge is 1.94. The van der Waals surface area contributed by atoms with Crippen LogP contribution in [0.5, 0.6) is 0 Å². The summed E-state index contributed by atoms with van der Waals surface area (Å²) < 4.78 is 0. The van der Waals surface area contributed by atoms with E-state index < -0.39 is 11.7 Å². The summed E-state index contributed by atoms with van der Waals surface area (Å²) in [5, 5.41) is 9.28. The lowest BCUT2D eigenvalue weighted by Crippen LogP contribution is -2.22. The van der Waals surface area contributed by atoms with E-state index in [0.29, 0.717) is 0 Å². The zero-order valence-electron chi connectivity index (χ0n) is 3.34. The Bertz CT molecular complexity index is 89.1. The van der Waals surface area contributed by atoms with Gasteiger partial charge in [0.25, 0.3) is 0 Å². The number of imide groups is 1. The number of carbonyl (C=O) groups excluding carboxylic acids is 1. The van der Waals surface area contributed by atoms with Crippen molar-refractivity contribution in [2.45, 2.75) is 0 Å². The van der Waals surface area contributed by atoms with E-state index in [1.807, 2.05) is 0 Å². The summed E-state index contributed by atoms with van der Waals surface area (Å²) in [6, 6.07) is 0. The third kappa shape index (κ3) is 5.37. The standard InChI is InChI=1S/C2H4NO3P/c4-1(5)3-2(6)7/h7H2,(H,3,6)(H,4,5). The van der Waals surface area contributed by atoms with Crippen LogP contribution < -0.4 is 5.32 Å². The van der Waals surface area contributed by atoms with Crippen LogP contribution in [0.15, 0.2) is 0 Å². The molecule has 0 spiro atoms. The lowest BCUT2D eigenvalue weighted by atomic mass is 11.1. The smallest absolute Gasteiger partial charge is 0.411 e. The van der Waals surface area contributed by atoms with E-state index in [1.54, 1.807) is 14.6 Å². The van der Waals surface area contributed by atoms with E-state index in [2.05, 4.69) is 0 Å². The van der Waals surface area contributed by atoms with Crippen molar-refractivity contribution in [3.8, 4) is 0 Å². The van der Waals surface area contributed by atoms with Gasteiger partial charge >= 0.3 is 6.09 Å². The molecule has 0 aliphatic rings. The van der Waals surface area contributed by atoms with Gasteiger partial charge in [-0.2, -0.15) is 0 Å². The van der Waals surface area contributed by atoms with Crippen molar-refractivity contribution in [3.05, 3.63) is 0 Å². The van der Waals surface area contributed by atoms with Crippen LogP contribution in [-0.2, 0) is 0 Å². The molecule has 2 N–H and O–H groups in total. The summed E-state index contributed by atoms with van der Waals surface area (Å²) >= 11 is 0. The lowest BCUT2D eigenvalue weighted by molar-refractivity contribution is 0.195. The van der Waals surface area contributed by atoms with Crippen molar-refractivity contribution in [2.75, 3.05) is 0 Å². The maximum Gasteiger partial charge on any atom is 0.411 e. The fourth-order valence-electron chi connectivity index (χ4n) is 0.105. The number of rotatable bonds is 0. The van der Waals surface area contributed by atoms with E-state index in [0.717, 1.165) is 0 Å². The Hall–Kier alpha value is -0.630. The summed E-state index contributed by atoms with van der Waals surface area (Å²) in [5.74, 6) is 0. The van der Waals surface area contributed by atoms with Crippen molar-refractivity contribution in [1.29, 1.82) is 0 Å². The van der Waals surface area contributed by atoms with Crippen LogP contribution in [0.2, 0.25) is 0 Å². The molecule has 0 aliphatic carbocycles. The van der Waals surface area contributed by atoms with Gasteiger partial charge in [0.2, 0.25) is 5.65 Å². The summed E-state index contributed by atoms with van der Waals surface area (Å²) in [5.41, 5.74) is -0.646. The molecule has 0 aromatic heterocycles. The average Bonchev–Trinajstić information content (AvgIpc) is 1.27. The second-order valence-electron chi connectivity index (χ2n) is 0.794. The van der Waals surface area contributed by atoms with Crippen molar-refractivity contribution < 1.29 is 14.7 Å². The second-order valence-corrected chi connectivity index (χ2v) is 1.32. The Balaban J connectivity index is 3.32. The molecule has 0 saturated carbocycles. The minimum absolute atomic E-state index is 0.646. The number of amides is 2. The molecular weight excluding hydrogens is 117 g/mol. The highest BCUT2D eigenvalue weighted by molar-refractivity contribution is 7.40. The Kier molecular flexibility index (Phi) is 2.30. The van der Waals surface area contributed by atoms with Crippen molar-refractivity contribution in [3.63, 3.8) is 0 Å². The summed E-state index contributed by atoms with van der Waals surface area (Å²) in [4.78, 5) is 19.2. The Labute approximate surface area is 42.1 Å².